The lowest BCUT2D eigenvalue weighted by Gasteiger charge is -2.13. The summed E-state index contributed by atoms with van der Waals surface area (Å²) in [7, 11) is 3.12. The standard InChI is InChI=1S/C18H22N2O4/c1-4-24-17-8-6-5-7-16(17)19-12-18(21)20-13-9-14(22-2)11-15(10-13)23-3/h5-11,19H,4,12H2,1-3H3,(H,20,21). The molecule has 6 heteroatoms. The lowest BCUT2D eigenvalue weighted by molar-refractivity contribution is -0.114. The number of benzene rings is 2. The van der Waals surface area contributed by atoms with Crippen LogP contribution in [0.25, 0.3) is 0 Å². The molecule has 128 valence electrons. The van der Waals surface area contributed by atoms with E-state index in [1.54, 1.807) is 32.4 Å². The Balaban J connectivity index is 1.99. The second kappa shape index (κ2) is 8.67. The van der Waals surface area contributed by atoms with Gasteiger partial charge >= 0.3 is 0 Å². The van der Waals surface area contributed by atoms with Crippen molar-refractivity contribution in [1.82, 2.24) is 0 Å². The van der Waals surface area contributed by atoms with Crippen LogP contribution in [-0.2, 0) is 4.79 Å². The Morgan fingerprint density at radius 3 is 2.33 bits per heavy atom. The molecule has 0 saturated heterocycles. The van der Waals surface area contributed by atoms with Crippen LogP contribution < -0.4 is 24.8 Å². The number of carbonyl (C=O) groups is 1. The van der Waals surface area contributed by atoms with Crippen molar-refractivity contribution in [1.29, 1.82) is 0 Å². The number of carbonyl (C=O) groups excluding carboxylic acids is 1. The van der Waals surface area contributed by atoms with Gasteiger partial charge in [0, 0.05) is 23.9 Å². The lowest BCUT2D eigenvalue weighted by atomic mass is 10.2. The molecular weight excluding hydrogens is 308 g/mol. The first-order valence-corrected chi connectivity index (χ1v) is 7.65. The van der Waals surface area contributed by atoms with E-state index < -0.39 is 0 Å². The minimum Gasteiger partial charge on any atom is -0.497 e. The van der Waals surface area contributed by atoms with E-state index >= 15 is 0 Å². The topological polar surface area (TPSA) is 68.8 Å². The average molecular weight is 330 g/mol. The van der Waals surface area contributed by atoms with Gasteiger partial charge in [0.05, 0.1) is 33.1 Å². The Labute approximate surface area is 141 Å². The molecule has 0 bridgehead atoms. The number of hydrogen-bond acceptors (Lipinski definition) is 5. The van der Waals surface area contributed by atoms with E-state index in [4.69, 9.17) is 14.2 Å². The molecule has 0 aliphatic carbocycles. The van der Waals surface area contributed by atoms with E-state index in [1.807, 2.05) is 31.2 Å². The molecule has 0 aliphatic rings. The van der Waals surface area contributed by atoms with Crippen molar-refractivity contribution in [2.75, 3.05) is 38.0 Å². The van der Waals surface area contributed by atoms with Gasteiger partial charge in [-0.25, -0.2) is 0 Å². The Kier molecular flexibility index (Phi) is 6.31. The van der Waals surface area contributed by atoms with Crippen LogP contribution in [0.5, 0.6) is 17.2 Å². The number of para-hydroxylation sites is 2. The molecule has 2 rings (SSSR count). The van der Waals surface area contributed by atoms with Gasteiger partial charge in [-0.3, -0.25) is 4.79 Å². The smallest absolute Gasteiger partial charge is 0.243 e. The minimum absolute atomic E-state index is 0.115. The van der Waals surface area contributed by atoms with Crippen molar-refractivity contribution in [3.05, 3.63) is 42.5 Å². The van der Waals surface area contributed by atoms with E-state index in [0.717, 1.165) is 11.4 Å². The molecule has 0 heterocycles. The second-order valence-corrected chi connectivity index (χ2v) is 4.93. The summed E-state index contributed by atoms with van der Waals surface area (Å²) >= 11 is 0. The number of methoxy groups -OCH3 is 2. The van der Waals surface area contributed by atoms with E-state index in [-0.39, 0.29) is 12.5 Å². The summed E-state index contributed by atoms with van der Waals surface area (Å²) in [4.78, 5) is 12.2. The van der Waals surface area contributed by atoms with Crippen LogP contribution in [0.15, 0.2) is 42.5 Å². The summed E-state index contributed by atoms with van der Waals surface area (Å²) in [5.74, 6) is 1.76. The molecule has 0 radical (unpaired) electrons. The number of nitrogens with one attached hydrogen (secondary N) is 2. The van der Waals surface area contributed by atoms with E-state index in [0.29, 0.717) is 23.8 Å². The third-order valence-corrected chi connectivity index (χ3v) is 3.26. The number of rotatable bonds is 8. The van der Waals surface area contributed by atoms with Gasteiger partial charge in [-0.05, 0) is 19.1 Å². The fourth-order valence-corrected chi connectivity index (χ4v) is 2.15. The maximum absolute atomic E-state index is 12.2. The third kappa shape index (κ3) is 4.81. The van der Waals surface area contributed by atoms with Crippen molar-refractivity contribution in [3.8, 4) is 17.2 Å². The van der Waals surface area contributed by atoms with Crippen molar-refractivity contribution in [2.24, 2.45) is 0 Å². The van der Waals surface area contributed by atoms with Crippen molar-refractivity contribution in [3.63, 3.8) is 0 Å². The van der Waals surface area contributed by atoms with Gasteiger partial charge in [-0.2, -0.15) is 0 Å². The predicted octanol–water partition coefficient (Wildman–Crippen LogP) is 3.15. The largest absolute Gasteiger partial charge is 0.497 e. The number of anilines is 2. The zero-order valence-corrected chi connectivity index (χ0v) is 14.1. The quantitative estimate of drug-likeness (QED) is 0.778. The van der Waals surface area contributed by atoms with Gasteiger partial charge in [0.15, 0.2) is 0 Å². The molecule has 0 aliphatic heterocycles. The van der Waals surface area contributed by atoms with Gasteiger partial charge in [0.2, 0.25) is 5.91 Å². The highest BCUT2D eigenvalue weighted by molar-refractivity contribution is 5.94. The normalized spacial score (nSPS) is 9.96. The number of hydrogen-bond donors (Lipinski definition) is 2. The molecule has 0 aromatic heterocycles. The molecule has 0 atom stereocenters. The van der Waals surface area contributed by atoms with Crippen LogP contribution >= 0.6 is 0 Å². The van der Waals surface area contributed by atoms with Crippen LogP contribution in [0, 0.1) is 0 Å². The van der Waals surface area contributed by atoms with Crippen molar-refractivity contribution < 1.29 is 19.0 Å². The van der Waals surface area contributed by atoms with Crippen LogP contribution in [0.1, 0.15) is 6.92 Å². The Morgan fingerprint density at radius 2 is 1.71 bits per heavy atom. The highest BCUT2D eigenvalue weighted by Gasteiger charge is 2.08. The third-order valence-electron chi connectivity index (χ3n) is 3.26. The molecule has 0 spiro atoms. The van der Waals surface area contributed by atoms with Gasteiger partial charge in [0.1, 0.15) is 17.2 Å². The van der Waals surface area contributed by atoms with E-state index in [1.165, 1.54) is 0 Å². The highest BCUT2D eigenvalue weighted by Crippen LogP contribution is 2.26. The fraction of sp³-hybridized carbons (Fsp3) is 0.278. The van der Waals surface area contributed by atoms with Crippen LogP contribution in [0.4, 0.5) is 11.4 Å². The Hall–Kier alpha value is -2.89. The summed E-state index contributed by atoms with van der Waals surface area (Å²) in [5, 5.41) is 5.89. The second-order valence-electron chi connectivity index (χ2n) is 4.93. The molecule has 0 saturated carbocycles. The Morgan fingerprint density at radius 1 is 1.04 bits per heavy atom. The first-order chi connectivity index (χ1) is 11.7. The molecule has 24 heavy (non-hydrogen) atoms. The predicted molar refractivity (Wildman–Crippen MR) is 94.3 cm³/mol. The van der Waals surface area contributed by atoms with E-state index in [9.17, 15) is 4.79 Å². The van der Waals surface area contributed by atoms with E-state index in [2.05, 4.69) is 10.6 Å². The maximum Gasteiger partial charge on any atom is 0.243 e. The summed E-state index contributed by atoms with van der Waals surface area (Å²) in [6, 6.07) is 12.7. The van der Waals surface area contributed by atoms with Crippen LogP contribution in [0.3, 0.4) is 0 Å². The summed E-state index contributed by atoms with van der Waals surface area (Å²) in [6.45, 7) is 2.60. The van der Waals surface area contributed by atoms with Crippen LogP contribution in [0.2, 0.25) is 0 Å². The summed E-state index contributed by atoms with van der Waals surface area (Å²) in [5.41, 5.74) is 1.38. The monoisotopic (exact) mass is 330 g/mol. The molecule has 2 N–H and O–H groups in total. The molecule has 6 nitrogen and oxygen atoms in total. The molecule has 0 fully saturated rings. The lowest BCUT2D eigenvalue weighted by Crippen LogP contribution is -2.22. The molecular formula is C18H22N2O4. The number of amides is 1. The molecule has 1 amide bonds. The first-order valence-electron chi connectivity index (χ1n) is 7.65. The highest BCUT2D eigenvalue weighted by atomic mass is 16.5. The molecule has 2 aromatic carbocycles. The summed E-state index contributed by atoms with van der Waals surface area (Å²) in [6.07, 6.45) is 0. The summed E-state index contributed by atoms with van der Waals surface area (Å²) < 4.78 is 15.9. The number of ether oxygens (including phenoxy) is 3. The zero-order chi connectivity index (χ0) is 17.4. The Bertz CT molecular complexity index is 666. The van der Waals surface area contributed by atoms with Crippen molar-refractivity contribution in [2.45, 2.75) is 6.92 Å². The van der Waals surface area contributed by atoms with Crippen molar-refractivity contribution >= 4 is 17.3 Å². The molecule has 0 unspecified atom stereocenters. The van der Waals surface area contributed by atoms with Gasteiger partial charge < -0.3 is 24.8 Å². The average Bonchev–Trinajstić information content (AvgIpc) is 2.60. The molecule has 2 aromatic rings. The SMILES string of the molecule is CCOc1ccccc1NCC(=O)Nc1cc(OC)cc(OC)c1. The maximum atomic E-state index is 12.2. The fourth-order valence-electron chi connectivity index (χ4n) is 2.15. The van der Waals surface area contributed by atoms with Gasteiger partial charge in [-0.15, -0.1) is 0 Å². The zero-order valence-electron chi connectivity index (χ0n) is 14.1. The van der Waals surface area contributed by atoms with Crippen LogP contribution in [-0.4, -0.2) is 33.3 Å². The minimum atomic E-state index is -0.184. The van der Waals surface area contributed by atoms with Gasteiger partial charge in [0.25, 0.3) is 0 Å². The van der Waals surface area contributed by atoms with Gasteiger partial charge in [-0.1, -0.05) is 12.1 Å². The first kappa shape index (κ1) is 17.5.